The first-order chi connectivity index (χ1) is 10.0. The highest BCUT2D eigenvalue weighted by Gasteiger charge is 2.34. The van der Waals surface area contributed by atoms with Gasteiger partial charge in [0, 0.05) is 25.2 Å². The van der Waals surface area contributed by atoms with Gasteiger partial charge in [0.15, 0.2) is 0 Å². The minimum absolute atomic E-state index is 0. The Kier molecular flexibility index (Phi) is 5.37. The van der Waals surface area contributed by atoms with Crippen molar-refractivity contribution in [1.29, 1.82) is 0 Å². The van der Waals surface area contributed by atoms with E-state index in [-0.39, 0.29) is 12.4 Å². The van der Waals surface area contributed by atoms with E-state index in [4.69, 9.17) is 4.74 Å². The standard InChI is InChI=1S/C15H22N2O3S.ClH/c1-11-9-14(5-6-15(11)20-2)21(18,19)17-8-7-12-3-4-13(10-17)16-12;/h5-6,9,12-13,16H,3-4,7-8,10H2,1-2H3;1H. The molecule has 0 spiro atoms. The van der Waals surface area contributed by atoms with Gasteiger partial charge in [-0.25, -0.2) is 8.42 Å². The van der Waals surface area contributed by atoms with Crippen molar-refractivity contribution < 1.29 is 13.2 Å². The summed E-state index contributed by atoms with van der Waals surface area (Å²) in [4.78, 5) is 0.360. The van der Waals surface area contributed by atoms with E-state index in [1.165, 1.54) is 6.42 Å². The summed E-state index contributed by atoms with van der Waals surface area (Å²) in [6.45, 7) is 3.04. The van der Waals surface area contributed by atoms with Gasteiger partial charge in [-0.05, 0) is 49.9 Å². The molecule has 0 aromatic heterocycles. The summed E-state index contributed by atoms with van der Waals surface area (Å²) in [5.41, 5.74) is 0.841. The van der Waals surface area contributed by atoms with E-state index >= 15 is 0 Å². The second kappa shape index (κ2) is 6.74. The van der Waals surface area contributed by atoms with Crippen molar-refractivity contribution in [3.8, 4) is 5.75 Å². The molecule has 2 aliphatic rings. The quantitative estimate of drug-likeness (QED) is 0.908. The summed E-state index contributed by atoms with van der Waals surface area (Å²) >= 11 is 0. The van der Waals surface area contributed by atoms with E-state index in [9.17, 15) is 8.42 Å². The second-order valence-corrected chi connectivity index (χ2v) is 7.86. The zero-order chi connectivity index (χ0) is 15.0. The van der Waals surface area contributed by atoms with Gasteiger partial charge in [0.25, 0.3) is 0 Å². The predicted octanol–water partition coefficient (Wildman–Crippen LogP) is 1.94. The Labute approximate surface area is 138 Å². The Morgan fingerprint density at radius 3 is 2.64 bits per heavy atom. The monoisotopic (exact) mass is 346 g/mol. The molecule has 1 N–H and O–H groups in total. The maximum Gasteiger partial charge on any atom is 0.243 e. The van der Waals surface area contributed by atoms with E-state index in [1.54, 1.807) is 29.6 Å². The summed E-state index contributed by atoms with van der Waals surface area (Å²) in [6, 6.07) is 5.84. The lowest BCUT2D eigenvalue weighted by Crippen LogP contribution is -2.39. The highest BCUT2D eigenvalue weighted by atomic mass is 35.5. The number of nitrogens with one attached hydrogen (secondary N) is 1. The molecule has 124 valence electrons. The second-order valence-electron chi connectivity index (χ2n) is 5.92. The summed E-state index contributed by atoms with van der Waals surface area (Å²) < 4.78 is 32.5. The van der Waals surface area contributed by atoms with Gasteiger partial charge in [0.2, 0.25) is 10.0 Å². The highest BCUT2D eigenvalue weighted by molar-refractivity contribution is 7.89. The van der Waals surface area contributed by atoms with Gasteiger partial charge in [-0.15, -0.1) is 12.4 Å². The minimum Gasteiger partial charge on any atom is -0.496 e. The van der Waals surface area contributed by atoms with E-state index in [2.05, 4.69) is 5.32 Å². The summed E-state index contributed by atoms with van der Waals surface area (Å²) in [5, 5.41) is 3.51. The number of halogens is 1. The van der Waals surface area contributed by atoms with E-state index in [0.29, 0.717) is 35.8 Å². The van der Waals surface area contributed by atoms with Crippen LogP contribution in [0, 0.1) is 6.92 Å². The largest absolute Gasteiger partial charge is 0.496 e. The normalized spacial score (nSPS) is 25.4. The molecule has 2 unspecified atom stereocenters. The molecule has 2 fully saturated rings. The number of ether oxygens (including phenoxy) is 1. The highest BCUT2D eigenvalue weighted by Crippen LogP contribution is 2.27. The van der Waals surface area contributed by atoms with Crippen LogP contribution in [0.3, 0.4) is 0 Å². The maximum absolute atomic E-state index is 12.8. The molecule has 0 saturated carbocycles. The number of aryl methyl sites for hydroxylation is 1. The first-order valence-corrected chi connectivity index (χ1v) is 8.85. The number of methoxy groups -OCH3 is 1. The van der Waals surface area contributed by atoms with Crippen molar-refractivity contribution in [2.24, 2.45) is 0 Å². The molecular weight excluding hydrogens is 324 g/mol. The molecule has 3 rings (SSSR count). The number of fused-ring (bicyclic) bond motifs is 2. The molecule has 5 nitrogen and oxygen atoms in total. The first-order valence-electron chi connectivity index (χ1n) is 7.41. The Bertz CT molecular complexity index is 636. The number of sulfonamides is 1. The fraction of sp³-hybridized carbons (Fsp3) is 0.600. The van der Waals surface area contributed by atoms with Gasteiger partial charge >= 0.3 is 0 Å². The molecular formula is C15H23ClN2O3S. The molecule has 7 heteroatoms. The van der Waals surface area contributed by atoms with Crippen molar-refractivity contribution in [2.75, 3.05) is 20.2 Å². The number of nitrogens with zero attached hydrogens (tertiary/aromatic N) is 1. The molecule has 2 heterocycles. The van der Waals surface area contributed by atoms with Crippen LogP contribution in [0.1, 0.15) is 24.8 Å². The number of benzene rings is 1. The molecule has 2 atom stereocenters. The van der Waals surface area contributed by atoms with Crippen molar-refractivity contribution in [3.05, 3.63) is 23.8 Å². The Hall–Kier alpha value is -0.820. The molecule has 22 heavy (non-hydrogen) atoms. The molecule has 0 amide bonds. The van der Waals surface area contributed by atoms with Gasteiger partial charge in [-0.2, -0.15) is 4.31 Å². The molecule has 1 aromatic rings. The molecule has 0 aliphatic carbocycles. The van der Waals surface area contributed by atoms with Gasteiger partial charge in [0.05, 0.1) is 12.0 Å². The summed E-state index contributed by atoms with van der Waals surface area (Å²) in [7, 11) is -1.83. The average molecular weight is 347 g/mol. The van der Waals surface area contributed by atoms with E-state index in [0.717, 1.165) is 18.4 Å². The zero-order valence-corrected chi connectivity index (χ0v) is 14.5. The van der Waals surface area contributed by atoms with Crippen LogP contribution in [0.25, 0.3) is 0 Å². The van der Waals surface area contributed by atoms with E-state index < -0.39 is 10.0 Å². The lowest BCUT2D eigenvalue weighted by molar-refractivity contribution is 0.383. The third kappa shape index (κ3) is 3.25. The lowest BCUT2D eigenvalue weighted by atomic mass is 10.1. The van der Waals surface area contributed by atoms with Crippen molar-refractivity contribution in [3.63, 3.8) is 0 Å². The van der Waals surface area contributed by atoms with Crippen LogP contribution in [0.15, 0.2) is 23.1 Å². The number of hydrogen-bond donors (Lipinski definition) is 1. The molecule has 2 saturated heterocycles. The summed E-state index contributed by atoms with van der Waals surface area (Å²) in [6.07, 6.45) is 3.13. The number of hydrogen-bond acceptors (Lipinski definition) is 4. The van der Waals surface area contributed by atoms with Gasteiger partial charge in [0.1, 0.15) is 5.75 Å². The average Bonchev–Trinajstić information content (AvgIpc) is 2.77. The van der Waals surface area contributed by atoms with Crippen molar-refractivity contribution in [2.45, 2.75) is 43.2 Å². The molecule has 2 aliphatic heterocycles. The predicted molar refractivity (Wildman–Crippen MR) is 88.3 cm³/mol. The minimum atomic E-state index is -3.42. The lowest BCUT2D eigenvalue weighted by Gasteiger charge is -2.24. The van der Waals surface area contributed by atoms with Crippen LogP contribution in [-0.4, -0.2) is 45.0 Å². The van der Waals surface area contributed by atoms with Gasteiger partial charge < -0.3 is 10.1 Å². The number of rotatable bonds is 3. The fourth-order valence-corrected chi connectivity index (χ4v) is 4.88. The smallest absolute Gasteiger partial charge is 0.243 e. The first kappa shape index (κ1) is 17.5. The SMILES string of the molecule is COc1ccc(S(=O)(=O)N2CCC3CCC(C2)N3)cc1C.Cl. The molecule has 2 bridgehead atoms. The van der Waals surface area contributed by atoms with Crippen LogP contribution in [0.5, 0.6) is 5.75 Å². The maximum atomic E-state index is 12.8. The zero-order valence-electron chi connectivity index (χ0n) is 12.9. The Morgan fingerprint density at radius 1 is 1.23 bits per heavy atom. The third-order valence-electron chi connectivity index (χ3n) is 4.49. The topological polar surface area (TPSA) is 58.6 Å². The van der Waals surface area contributed by atoms with Crippen LogP contribution < -0.4 is 10.1 Å². The third-order valence-corrected chi connectivity index (χ3v) is 6.35. The van der Waals surface area contributed by atoms with Crippen LogP contribution in [-0.2, 0) is 10.0 Å². The van der Waals surface area contributed by atoms with Gasteiger partial charge in [-0.1, -0.05) is 0 Å². The van der Waals surface area contributed by atoms with Crippen LogP contribution in [0.2, 0.25) is 0 Å². The van der Waals surface area contributed by atoms with Crippen LogP contribution in [0.4, 0.5) is 0 Å². The van der Waals surface area contributed by atoms with Crippen molar-refractivity contribution in [1.82, 2.24) is 9.62 Å². The molecule has 1 aromatic carbocycles. The van der Waals surface area contributed by atoms with E-state index in [1.807, 2.05) is 6.92 Å². The Morgan fingerprint density at radius 2 is 1.95 bits per heavy atom. The van der Waals surface area contributed by atoms with Crippen LogP contribution >= 0.6 is 12.4 Å². The van der Waals surface area contributed by atoms with Crippen molar-refractivity contribution >= 4 is 22.4 Å². The molecule has 0 radical (unpaired) electrons. The Balaban J connectivity index is 0.00000176. The summed E-state index contributed by atoms with van der Waals surface area (Å²) in [5.74, 6) is 0.713. The fourth-order valence-electron chi connectivity index (χ4n) is 3.29. The van der Waals surface area contributed by atoms with Gasteiger partial charge in [-0.3, -0.25) is 0 Å².